The topological polar surface area (TPSA) is 66.6 Å². The summed E-state index contributed by atoms with van der Waals surface area (Å²) in [7, 11) is 0. The maximum atomic E-state index is 12.3. The van der Waals surface area contributed by atoms with Crippen molar-refractivity contribution in [3.05, 3.63) is 42.5 Å². The lowest BCUT2D eigenvalue weighted by Gasteiger charge is -2.28. The van der Waals surface area contributed by atoms with Crippen LogP contribution < -0.4 is 10.6 Å². The molecular weight excluding hydrogens is 254 g/mol. The van der Waals surface area contributed by atoms with Crippen LogP contribution in [0.3, 0.4) is 0 Å². The molecule has 0 unspecified atom stereocenters. The molecule has 0 spiro atoms. The molecule has 1 heterocycles. The number of hydrogen-bond acceptors (Lipinski definition) is 3. The Morgan fingerprint density at radius 3 is 2.55 bits per heavy atom. The van der Waals surface area contributed by atoms with E-state index < -0.39 is 0 Å². The summed E-state index contributed by atoms with van der Waals surface area (Å²) in [6.07, 6.45) is 4.89. The van der Waals surface area contributed by atoms with Gasteiger partial charge in [-0.25, -0.2) is 0 Å². The molecule has 20 heavy (non-hydrogen) atoms. The zero-order valence-corrected chi connectivity index (χ0v) is 11.4. The Balaban J connectivity index is 2.10. The van der Waals surface area contributed by atoms with E-state index in [1.54, 1.807) is 17.0 Å². The maximum Gasteiger partial charge on any atom is 0.242 e. The summed E-state index contributed by atoms with van der Waals surface area (Å²) in [5.41, 5.74) is 6.14. The Kier molecular flexibility index (Phi) is 4.90. The average molecular weight is 273 g/mol. The van der Waals surface area contributed by atoms with Crippen LogP contribution in [0.15, 0.2) is 42.5 Å². The number of nitrogens with zero attached hydrogens (tertiary/aromatic N) is 2. The summed E-state index contributed by atoms with van der Waals surface area (Å²) in [5.74, 6) is -0.308. The minimum Gasteiger partial charge on any atom is -0.337 e. The van der Waals surface area contributed by atoms with Gasteiger partial charge in [-0.1, -0.05) is 30.4 Å². The lowest BCUT2D eigenvalue weighted by atomic mass is 10.2. The lowest BCUT2D eigenvalue weighted by Crippen LogP contribution is -2.45. The molecule has 0 atom stereocenters. The Hall–Kier alpha value is -2.14. The number of hydrogen-bond donors (Lipinski definition) is 1. The summed E-state index contributed by atoms with van der Waals surface area (Å²) in [5, 5.41) is 0. The first-order chi connectivity index (χ1) is 9.72. The second-order valence-corrected chi connectivity index (χ2v) is 4.62. The Bertz CT molecular complexity index is 499. The van der Waals surface area contributed by atoms with Crippen molar-refractivity contribution in [2.45, 2.75) is 6.42 Å². The highest BCUT2D eigenvalue weighted by atomic mass is 16.2. The number of amides is 2. The minimum atomic E-state index is -0.253. The van der Waals surface area contributed by atoms with Gasteiger partial charge in [0.15, 0.2) is 0 Å². The Labute approximate surface area is 118 Å². The van der Waals surface area contributed by atoms with Gasteiger partial charge in [0, 0.05) is 18.8 Å². The molecule has 0 radical (unpaired) electrons. The SMILES string of the molecule is NCC(=O)N(CC(=O)N1CC=CCC1)c1ccccc1. The molecule has 0 aromatic heterocycles. The van der Waals surface area contributed by atoms with Crippen LogP contribution in [0.25, 0.3) is 0 Å². The molecule has 2 rings (SSSR count). The first-order valence-corrected chi connectivity index (χ1v) is 6.70. The summed E-state index contributed by atoms with van der Waals surface area (Å²) in [4.78, 5) is 27.4. The van der Waals surface area contributed by atoms with Gasteiger partial charge in [0.2, 0.25) is 11.8 Å². The fraction of sp³-hybridized carbons (Fsp3) is 0.333. The number of anilines is 1. The van der Waals surface area contributed by atoms with E-state index in [1.165, 1.54) is 4.90 Å². The van der Waals surface area contributed by atoms with E-state index in [2.05, 4.69) is 6.08 Å². The van der Waals surface area contributed by atoms with Crippen LogP contribution >= 0.6 is 0 Å². The fourth-order valence-electron chi connectivity index (χ4n) is 2.14. The zero-order valence-electron chi connectivity index (χ0n) is 11.4. The lowest BCUT2D eigenvalue weighted by molar-refractivity contribution is -0.131. The Morgan fingerprint density at radius 1 is 1.20 bits per heavy atom. The number of benzene rings is 1. The number of carbonyl (C=O) groups is 2. The third kappa shape index (κ3) is 3.45. The van der Waals surface area contributed by atoms with Crippen LogP contribution in [0, 0.1) is 0 Å². The van der Waals surface area contributed by atoms with E-state index in [1.807, 2.05) is 24.3 Å². The van der Waals surface area contributed by atoms with E-state index in [9.17, 15) is 9.59 Å². The van der Waals surface area contributed by atoms with Gasteiger partial charge < -0.3 is 15.5 Å². The van der Waals surface area contributed by atoms with Gasteiger partial charge in [-0.2, -0.15) is 0 Å². The molecule has 1 aliphatic heterocycles. The van der Waals surface area contributed by atoms with E-state index >= 15 is 0 Å². The molecule has 0 fully saturated rings. The van der Waals surface area contributed by atoms with Crippen molar-refractivity contribution in [1.29, 1.82) is 0 Å². The second kappa shape index (κ2) is 6.86. The van der Waals surface area contributed by atoms with Crippen LogP contribution in [-0.4, -0.2) is 42.9 Å². The fourth-order valence-corrected chi connectivity index (χ4v) is 2.14. The molecule has 0 aliphatic carbocycles. The van der Waals surface area contributed by atoms with Crippen LogP contribution in [0.1, 0.15) is 6.42 Å². The van der Waals surface area contributed by atoms with Crippen molar-refractivity contribution >= 4 is 17.5 Å². The largest absolute Gasteiger partial charge is 0.337 e. The maximum absolute atomic E-state index is 12.3. The number of rotatable bonds is 4. The molecule has 0 bridgehead atoms. The van der Waals surface area contributed by atoms with Gasteiger partial charge in [-0.3, -0.25) is 9.59 Å². The predicted molar refractivity (Wildman–Crippen MR) is 78.2 cm³/mol. The van der Waals surface area contributed by atoms with Crippen molar-refractivity contribution in [3.63, 3.8) is 0 Å². The normalized spacial score (nSPS) is 14.2. The highest BCUT2D eigenvalue weighted by Crippen LogP contribution is 2.14. The second-order valence-electron chi connectivity index (χ2n) is 4.62. The molecule has 1 aromatic rings. The van der Waals surface area contributed by atoms with E-state index in [-0.39, 0.29) is 24.9 Å². The average Bonchev–Trinajstić information content (AvgIpc) is 2.53. The summed E-state index contributed by atoms with van der Waals surface area (Å²) >= 11 is 0. The molecule has 0 saturated heterocycles. The Morgan fingerprint density at radius 2 is 1.95 bits per heavy atom. The van der Waals surface area contributed by atoms with Gasteiger partial charge >= 0.3 is 0 Å². The molecule has 5 nitrogen and oxygen atoms in total. The monoisotopic (exact) mass is 273 g/mol. The highest BCUT2D eigenvalue weighted by Gasteiger charge is 2.21. The summed E-state index contributed by atoms with van der Waals surface area (Å²) in [6.45, 7) is 1.24. The number of carbonyl (C=O) groups excluding carboxylic acids is 2. The number of para-hydroxylation sites is 1. The molecule has 106 valence electrons. The van der Waals surface area contributed by atoms with Crippen molar-refractivity contribution in [2.75, 3.05) is 31.1 Å². The van der Waals surface area contributed by atoms with Crippen molar-refractivity contribution in [2.24, 2.45) is 5.73 Å². The predicted octanol–water partition coefficient (Wildman–Crippen LogP) is 0.767. The van der Waals surface area contributed by atoms with Crippen LogP contribution in [0.2, 0.25) is 0 Å². The van der Waals surface area contributed by atoms with Gasteiger partial charge in [-0.05, 0) is 18.6 Å². The summed E-state index contributed by atoms with van der Waals surface area (Å²) < 4.78 is 0. The van der Waals surface area contributed by atoms with E-state index in [4.69, 9.17) is 5.73 Å². The van der Waals surface area contributed by atoms with Gasteiger partial charge in [-0.15, -0.1) is 0 Å². The summed E-state index contributed by atoms with van der Waals surface area (Å²) in [6, 6.07) is 9.14. The zero-order chi connectivity index (χ0) is 14.4. The van der Waals surface area contributed by atoms with Crippen molar-refractivity contribution in [1.82, 2.24) is 4.90 Å². The molecule has 1 aromatic carbocycles. The highest BCUT2D eigenvalue weighted by molar-refractivity contribution is 5.99. The van der Waals surface area contributed by atoms with Gasteiger partial charge in [0.05, 0.1) is 6.54 Å². The quantitative estimate of drug-likeness (QED) is 0.824. The third-order valence-corrected chi connectivity index (χ3v) is 3.25. The van der Waals surface area contributed by atoms with E-state index in [0.717, 1.165) is 6.42 Å². The molecule has 5 heteroatoms. The van der Waals surface area contributed by atoms with Crippen LogP contribution in [0.5, 0.6) is 0 Å². The van der Waals surface area contributed by atoms with Crippen molar-refractivity contribution in [3.8, 4) is 0 Å². The first-order valence-electron chi connectivity index (χ1n) is 6.70. The molecular formula is C15H19N3O2. The smallest absolute Gasteiger partial charge is 0.242 e. The van der Waals surface area contributed by atoms with Crippen molar-refractivity contribution < 1.29 is 9.59 Å². The van der Waals surface area contributed by atoms with Gasteiger partial charge in [0.1, 0.15) is 6.54 Å². The van der Waals surface area contributed by atoms with E-state index in [0.29, 0.717) is 18.8 Å². The van der Waals surface area contributed by atoms with Gasteiger partial charge in [0.25, 0.3) is 0 Å². The molecule has 1 aliphatic rings. The minimum absolute atomic E-state index is 0.0356. The van der Waals surface area contributed by atoms with Crippen LogP contribution in [-0.2, 0) is 9.59 Å². The molecule has 0 saturated carbocycles. The molecule has 2 amide bonds. The van der Waals surface area contributed by atoms with Crippen LogP contribution in [0.4, 0.5) is 5.69 Å². The first kappa shape index (κ1) is 14.3. The third-order valence-electron chi connectivity index (χ3n) is 3.25. The standard InChI is InChI=1S/C15H19N3O2/c16-11-14(19)18(13-7-3-1-4-8-13)12-15(20)17-9-5-2-6-10-17/h1-5,7-8H,6,9-12,16H2. The molecule has 2 N–H and O–H groups in total. The number of nitrogens with two attached hydrogens (primary N) is 1.